The summed E-state index contributed by atoms with van der Waals surface area (Å²) in [4.78, 5) is 23.3. The molecule has 2 aromatic heterocycles. The number of pyridine rings is 1. The number of nitrogens with one attached hydrogen (secondary N) is 1. The van der Waals surface area contributed by atoms with Gasteiger partial charge < -0.3 is 10.2 Å². The first-order valence-corrected chi connectivity index (χ1v) is 14.1. The Hall–Kier alpha value is -3.30. The molecule has 9 heteroatoms. The van der Waals surface area contributed by atoms with Crippen molar-refractivity contribution in [3.05, 3.63) is 76.7 Å². The third kappa shape index (κ3) is 5.74. The number of carbonyl (C=O) groups is 1. The zero-order valence-electron chi connectivity index (χ0n) is 20.9. The van der Waals surface area contributed by atoms with Crippen LogP contribution in [0.25, 0.3) is 10.9 Å². The number of rotatable bonds is 8. The van der Waals surface area contributed by atoms with E-state index in [4.69, 9.17) is 0 Å². The molecule has 0 unspecified atom stereocenters. The van der Waals surface area contributed by atoms with Crippen molar-refractivity contribution in [2.75, 3.05) is 18.4 Å². The molecule has 4 rings (SSSR count). The van der Waals surface area contributed by atoms with Gasteiger partial charge in [-0.2, -0.15) is 0 Å². The Balaban J connectivity index is 1.47. The third-order valence-corrected chi connectivity index (χ3v) is 8.39. The molecule has 0 aliphatic rings. The lowest BCUT2D eigenvalue weighted by atomic mass is 9.87. The number of fused-ring (bicyclic) bond motifs is 1. The SMILES string of the molecule is CCN(Cc1nccs1)C(=O)CNc1ccc2nc(S(=O)(=O)c3ccc(C(C)(C)C)cc3)ccc2c1. The van der Waals surface area contributed by atoms with Crippen LogP contribution in [0.15, 0.2) is 76.1 Å². The number of hydrogen-bond donors (Lipinski definition) is 1. The lowest BCUT2D eigenvalue weighted by molar-refractivity contribution is -0.129. The van der Waals surface area contributed by atoms with Crippen LogP contribution in [0.1, 0.15) is 38.3 Å². The first kappa shape index (κ1) is 25.8. The standard InChI is InChI=1S/C27H30N4O3S2/c1-5-31(18-24-28-14-15-35-24)26(32)17-29-21-9-12-23-19(16-21)6-13-25(30-23)36(33,34)22-10-7-20(8-11-22)27(2,3)4/h6-16,29H,5,17-18H2,1-4H3. The van der Waals surface area contributed by atoms with Crippen molar-refractivity contribution in [2.24, 2.45) is 0 Å². The monoisotopic (exact) mass is 522 g/mol. The number of nitrogens with zero attached hydrogens (tertiary/aromatic N) is 3. The number of sulfone groups is 1. The zero-order chi connectivity index (χ0) is 25.9. The molecule has 0 bridgehead atoms. The highest BCUT2D eigenvalue weighted by molar-refractivity contribution is 7.91. The zero-order valence-corrected chi connectivity index (χ0v) is 22.5. The third-order valence-electron chi connectivity index (χ3n) is 5.96. The predicted octanol–water partition coefficient (Wildman–Crippen LogP) is 5.28. The molecule has 2 heterocycles. The summed E-state index contributed by atoms with van der Waals surface area (Å²) in [5, 5.41) is 6.75. The Labute approximate surface area is 216 Å². The summed E-state index contributed by atoms with van der Waals surface area (Å²) in [5.74, 6) is -0.0233. The minimum Gasteiger partial charge on any atom is -0.376 e. The van der Waals surface area contributed by atoms with E-state index < -0.39 is 9.84 Å². The lowest BCUT2D eigenvalue weighted by Gasteiger charge is -2.20. The number of amides is 1. The Morgan fingerprint density at radius 2 is 1.81 bits per heavy atom. The van der Waals surface area contributed by atoms with Crippen LogP contribution in [0, 0.1) is 0 Å². The van der Waals surface area contributed by atoms with Crippen LogP contribution in [0.4, 0.5) is 5.69 Å². The topological polar surface area (TPSA) is 92.3 Å². The van der Waals surface area contributed by atoms with Crippen molar-refractivity contribution in [1.29, 1.82) is 0 Å². The van der Waals surface area contributed by atoms with Gasteiger partial charge in [0, 0.05) is 29.2 Å². The fraction of sp³-hybridized carbons (Fsp3) is 0.296. The molecule has 36 heavy (non-hydrogen) atoms. The summed E-state index contributed by atoms with van der Waals surface area (Å²) in [5.41, 5.74) is 2.34. The predicted molar refractivity (Wildman–Crippen MR) is 144 cm³/mol. The number of anilines is 1. The number of thiazole rings is 1. The molecular formula is C27H30N4O3S2. The second-order valence-corrected chi connectivity index (χ2v) is 12.4. The molecule has 1 amide bonds. The number of benzene rings is 2. The van der Waals surface area contributed by atoms with E-state index in [1.54, 1.807) is 41.4 Å². The fourth-order valence-electron chi connectivity index (χ4n) is 3.78. The van der Waals surface area contributed by atoms with Crippen LogP contribution in [0.5, 0.6) is 0 Å². The van der Waals surface area contributed by atoms with Gasteiger partial charge in [0.15, 0.2) is 5.03 Å². The van der Waals surface area contributed by atoms with Crippen LogP contribution < -0.4 is 5.32 Å². The molecule has 0 spiro atoms. The van der Waals surface area contributed by atoms with Crippen molar-refractivity contribution < 1.29 is 13.2 Å². The smallest absolute Gasteiger partial charge is 0.242 e. The Morgan fingerprint density at radius 1 is 1.06 bits per heavy atom. The average molecular weight is 523 g/mol. The second kappa shape index (κ2) is 10.4. The van der Waals surface area contributed by atoms with E-state index in [0.717, 1.165) is 21.6 Å². The van der Waals surface area contributed by atoms with E-state index in [1.807, 2.05) is 30.5 Å². The summed E-state index contributed by atoms with van der Waals surface area (Å²) in [6.45, 7) is 9.44. The van der Waals surface area contributed by atoms with Gasteiger partial charge in [-0.3, -0.25) is 4.79 Å². The van der Waals surface area contributed by atoms with Crippen molar-refractivity contribution in [2.45, 2.75) is 49.6 Å². The fourth-order valence-corrected chi connectivity index (χ4v) is 5.61. The summed E-state index contributed by atoms with van der Waals surface area (Å²) < 4.78 is 26.3. The van der Waals surface area contributed by atoms with Crippen molar-refractivity contribution in [3.63, 3.8) is 0 Å². The van der Waals surface area contributed by atoms with Gasteiger partial charge in [-0.25, -0.2) is 18.4 Å². The van der Waals surface area contributed by atoms with E-state index in [9.17, 15) is 13.2 Å². The molecular weight excluding hydrogens is 492 g/mol. The molecule has 0 atom stereocenters. The molecule has 1 N–H and O–H groups in total. The van der Waals surface area contributed by atoms with Crippen LogP contribution in [-0.4, -0.2) is 42.3 Å². The lowest BCUT2D eigenvalue weighted by Crippen LogP contribution is -2.34. The maximum Gasteiger partial charge on any atom is 0.242 e. The molecule has 0 saturated heterocycles. The number of likely N-dealkylation sites (N-methyl/N-ethyl adjacent to an activating group) is 1. The largest absolute Gasteiger partial charge is 0.376 e. The van der Waals surface area contributed by atoms with E-state index in [2.05, 4.69) is 36.1 Å². The summed E-state index contributed by atoms with van der Waals surface area (Å²) in [6.07, 6.45) is 1.74. The molecule has 2 aromatic carbocycles. The highest BCUT2D eigenvalue weighted by atomic mass is 32.2. The molecule has 4 aromatic rings. The van der Waals surface area contributed by atoms with Crippen LogP contribution in [-0.2, 0) is 26.6 Å². The van der Waals surface area contributed by atoms with Gasteiger partial charge in [0.1, 0.15) is 5.01 Å². The van der Waals surface area contributed by atoms with Crippen molar-refractivity contribution in [1.82, 2.24) is 14.9 Å². The molecule has 7 nitrogen and oxygen atoms in total. The maximum atomic E-state index is 13.2. The van der Waals surface area contributed by atoms with Gasteiger partial charge in [-0.15, -0.1) is 11.3 Å². The summed E-state index contributed by atoms with van der Waals surface area (Å²) in [7, 11) is -3.74. The van der Waals surface area contributed by atoms with E-state index in [-0.39, 0.29) is 27.8 Å². The second-order valence-electron chi connectivity index (χ2n) is 9.52. The summed E-state index contributed by atoms with van der Waals surface area (Å²) in [6, 6.07) is 15.7. The van der Waals surface area contributed by atoms with Crippen LogP contribution in [0.2, 0.25) is 0 Å². The molecule has 0 radical (unpaired) electrons. The first-order valence-electron chi connectivity index (χ1n) is 11.7. The molecule has 0 saturated carbocycles. The Kier molecular flexibility index (Phi) is 7.42. The van der Waals surface area contributed by atoms with Crippen molar-refractivity contribution >= 4 is 43.7 Å². The van der Waals surface area contributed by atoms with Crippen molar-refractivity contribution in [3.8, 4) is 0 Å². The normalized spacial score (nSPS) is 12.0. The van der Waals surface area contributed by atoms with Gasteiger partial charge in [-0.1, -0.05) is 32.9 Å². The summed E-state index contributed by atoms with van der Waals surface area (Å²) >= 11 is 1.53. The van der Waals surface area contributed by atoms with E-state index in [0.29, 0.717) is 18.6 Å². The first-order chi connectivity index (χ1) is 17.1. The number of aromatic nitrogens is 2. The van der Waals surface area contributed by atoms with Gasteiger partial charge in [0.2, 0.25) is 15.7 Å². The Bertz CT molecular complexity index is 1460. The average Bonchev–Trinajstić information content (AvgIpc) is 3.38. The van der Waals surface area contributed by atoms with E-state index in [1.165, 1.54) is 17.4 Å². The highest BCUT2D eigenvalue weighted by Gasteiger charge is 2.21. The Morgan fingerprint density at radius 3 is 2.44 bits per heavy atom. The quantitative estimate of drug-likeness (QED) is 0.338. The molecule has 188 valence electrons. The minimum atomic E-state index is -3.74. The van der Waals surface area contributed by atoms with E-state index >= 15 is 0 Å². The maximum absolute atomic E-state index is 13.2. The van der Waals surface area contributed by atoms with Gasteiger partial charge in [0.25, 0.3) is 0 Å². The minimum absolute atomic E-state index is 0.00942. The number of carbonyl (C=O) groups excluding carboxylic acids is 1. The van der Waals surface area contributed by atoms with Gasteiger partial charge >= 0.3 is 0 Å². The van der Waals surface area contributed by atoms with Crippen LogP contribution in [0.3, 0.4) is 0 Å². The van der Waals surface area contributed by atoms with Gasteiger partial charge in [0.05, 0.1) is 23.5 Å². The number of hydrogen-bond acceptors (Lipinski definition) is 7. The molecule has 0 aliphatic heterocycles. The molecule has 0 aliphatic carbocycles. The molecule has 0 fully saturated rings. The van der Waals surface area contributed by atoms with Crippen LogP contribution >= 0.6 is 11.3 Å². The highest BCUT2D eigenvalue weighted by Crippen LogP contribution is 2.27. The van der Waals surface area contributed by atoms with Gasteiger partial charge in [-0.05, 0) is 60.4 Å².